The first-order chi connectivity index (χ1) is 13.5. The Morgan fingerprint density at radius 3 is 2.55 bits per heavy atom. The van der Waals surface area contributed by atoms with Crippen LogP contribution < -0.4 is 0 Å². The van der Waals surface area contributed by atoms with Crippen LogP contribution in [0.25, 0.3) is 0 Å². The van der Waals surface area contributed by atoms with Crippen molar-refractivity contribution in [3.63, 3.8) is 0 Å². The van der Waals surface area contributed by atoms with Crippen LogP contribution in [0.2, 0.25) is 0 Å². The van der Waals surface area contributed by atoms with Crippen molar-refractivity contribution in [2.45, 2.75) is 57.6 Å². The largest absolute Gasteiger partial charge is 0.466 e. The number of benzene rings is 1. The van der Waals surface area contributed by atoms with Crippen molar-refractivity contribution in [1.29, 1.82) is 0 Å². The molecule has 3 rings (SSSR count). The van der Waals surface area contributed by atoms with Gasteiger partial charge in [0.1, 0.15) is 23.7 Å². The predicted molar refractivity (Wildman–Crippen MR) is 99.1 cm³/mol. The number of nitrogens with zero attached hydrogens (tertiary/aromatic N) is 1. The molecule has 158 valence electrons. The maximum atomic E-state index is 14.5. The van der Waals surface area contributed by atoms with Crippen molar-refractivity contribution < 1.29 is 32.6 Å². The van der Waals surface area contributed by atoms with Crippen LogP contribution in [-0.4, -0.2) is 47.5 Å². The lowest BCUT2D eigenvalue weighted by Crippen LogP contribution is -2.46. The van der Waals surface area contributed by atoms with E-state index in [-0.39, 0.29) is 18.7 Å². The molecule has 1 aromatic rings. The lowest BCUT2D eigenvalue weighted by atomic mass is 9.93. The van der Waals surface area contributed by atoms with E-state index >= 15 is 0 Å². The molecule has 0 unspecified atom stereocenters. The minimum absolute atomic E-state index is 0.0200. The van der Waals surface area contributed by atoms with Gasteiger partial charge in [-0.25, -0.2) is 13.6 Å². The van der Waals surface area contributed by atoms with Gasteiger partial charge in [-0.05, 0) is 63.8 Å². The Hall–Kier alpha value is -2.51. The Bertz CT molecular complexity index is 850. The molecule has 8 heteroatoms. The highest BCUT2D eigenvalue weighted by atomic mass is 19.1. The average molecular weight is 409 g/mol. The van der Waals surface area contributed by atoms with Crippen LogP contribution in [0, 0.1) is 17.6 Å². The second kappa shape index (κ2) is 7.39. The van der Waals surface area contributed by atoms with Gasteiger partial charge < -0.3 is 9.47 Å². The Kier molecular flexibility index (Phi) is 5.40. The van der Waals surface area contributed by atoms with Gasteiger partial charge in [0.15, 0.2) is 5.78 Å². The Morgan fingerprint density at radius 2 is 1.93 bits per heavy atom. The maximum Gasteiger partial charge on any atom is 0.410 e. The molecule has 3 atom stereocenters. The summed E-state index contributed by atoms with van der Waals surface area (Å²) in [7, 11) is 0. The number of halogens is 2. The number of amides is 1. The number of ether oxygens (including phenoxy) is 2. The lowest BCUT2D eigenvalue weighted by molar-refractivity contribution is -0.146. The quantitative estimate of drug-likeness (QED) is 0.551. The number of rotatable bonds is 5. The summed E-state index contributed by atoms with van der Waals surface area (Å²) in [5.74, 6) is -2.76. The van der Waals surface area contributed by atoms with Gasteiger partial charge in [-0.15, -0.1) is 0 Å². The molecule has 1 saturated heterocycles. The number of hydrogen-bond acceptors (Lipinski definition) is 5. The zero-order valence-corrected chi connectivity index (χ0v) is 17.0. The van der Waals surface area contributed by atoms with Crippen molar-refractivity contribution in [3.8, 4) is 0 Å². The van der Waals surface area contributed by atoms with Gasteiger partial charge in [-0.2, -0.15) is 0 Å². The second-order valence-electron chi connectivity index (χ2n) is 8.59. The number of Topliss-reactive ketones (excluding diaryl/α,β-unsaturated/α-hetero) is 1. The van der Waals surface area contributed by atoms with Crippen molar-refractivity contribution in [2.75, 3.05) is 13.2 Å². The number of fused-ring (bicyclic) bond motifs is 1. The highest BCUT2D eigenvalue weighted by molar-refractivity contribution is 6.00. The third-order valence-electron chi connectivity index (χ3n) is 5.35. The third-order valence-corrected chi connectivity index (χ3v) is 5.35. The summed E-state index contributed by atoms with van der Waals surface area (Å²) in [6, 6.07) is 2.23. The number of ketones is 1. The molecule has 2 fully saturated rings. The summed E-state index contributed by atoms with van der Waals surface area (Å²) in [6.07, 6.45) is -0.787. The van der Waals surface area contributed by atoms with Gasteiger partial charge in [0.2, 0.25) is 0 Å². The minimum atomic E-state index is -0.947. The van der Waals surface area contributed by atoms with E-state index in [1.165, 1.54) is 4.90 Å². The summed E-state index contributed by atoms with van der Waals surface area (Å²) in [4.78, 5) is 38.6. The molecule has 0 bridgehead atoms. The molecule has 0 aromatic heterocycles. The van der Waals surface area contributed by atoms with Crippen LogP contribution in [0.4, 0.5) is 13.6 Å². The van der Waals surface area contributed by atoms with Gasteiger partial charge in [0, 0.05) is 12.0 Å². The van der Waals surface area contributed by atoms with Crippen molar-refractivity contribution in [3.05, 3.63) is 35.4 Å². The van der Waals surface area contributed by atoms with E-state index in [1.807, 2.05) is 0 Å². The molecule has 1 aliphatic heterocycles. The molecule has 29 heavy (non-hydrogen) atoms. The van der Waals surface area contributed by atoms with E-state index in [4.69, 9.17) is 9.47 Å². The van der Waals surface area contributed by atoms with Crippen LogP contribution in [-0.2, 0) is 24.5 Å². The van der Waals surface area contributed by atoms with Crippen LogP contribution >= 0.6 is 0 Å². The highest BCUT2D eigenvalue weighted by Gasteiger charge is 2.69. The fraction of sp³-hybridized carbons (Fsp3) is 0.571. The lowest BCUT2D eigenvalue weighted by Gasteiger charge is -2.30. The van der Waals surface area contributed by atoms with E-state index in [0.29, 0.717) is 6.42 Å². The van der Waals surface area contributed by atoms with E-state index in [0.717, 1.165) is 18.2 Å². The Morgan fingerprint density at radius 1 is 1.24 bits per heavy atom. The number of carbonyl (C=O) groups excluding carboxylic acids is 3. The van der Waals surface area contributed by atoms with Crippen LogP contribution in [0.5, 0.6) is 0 Å². The first kappa shape index (κ1) is 21.2. The molecule has 1 amide bonds. The summed E-state index contributed by atoms with van der Waals surface area (Å²) >= 11 is 0. The van der Waals surface area contributed by atoms with Gasteiger partial charge in [0.25, 0.3) is 0 Å². The third kappa shape index (κ3) is 4.11. The van der Waals surface area contributed by atoms with E-state index in [9.17, 15) is 23.2 Å². The summed E-state index contributed by atoms with van der Waals surface area (Å²) < 4.78 is 38.5. The van der Waals surface area contributed by atoms with Crippen LogP contribution in [0.3, 0.4) is 0 Å². The molecule has 1 saturated carbocycles. The molecular formula is C21H25F2NO5. The molecular weight excluding hydrogens is 384 g/mol. The van der Waals surface area contributed by atoms with E-state index in [1.54, 1.807) is 27.7 Å². The average Bonchev–Trinajstić information content (AvgIpc) is 3.20. The van der Waals surface area contributed by atoms with E-state index < -0.39 is 58.9 Å². The summed E-state index contributed by atoms with van der Waals surface area (Å²) in [5.41, 5.74) is -1.52. The number of hydrogen-bond donors (Lipinski definition) is 0. The Balaban J connectivity index is 1.92. The minimum Gasteiger partial charge on any atom is -0.466 e. The molecule has 1 aliphatic carbocycles. The Labute approximate surface area is 168 Å². The van der Waals surface area contributed by atoms with Crippen molar-refractivity contribution >= 4 is 17.8 Å². The fourth-order valence-electron chi connectivity index (χ4n) is 4.18. The summed E-state index contributed by atoms with van der Waals surface area (Å²) in [6.45, 7) is 6.86. The molecule has 0 N–H and O–H groups in total. The highest BCUT2D eigenvalue weighted by Crippen LogP contribution is 2.63. The molecule has 1 aromatic carbocycles. The smallest absolute Gasteiger partial charge is 0.410 e. The zero-order chi connectivity index (χ0) is 21.6. The molecule has 2 aliphatic rings. The van der Waals surface area contributed by atoms with Gasteiger partial charge in [-0.3, -0.25) is 14.5 Å². The van der Waals surface area contributed by atoms with Gasteiger partial charge in [-0.1, -0.05) is 0 Å². The monoisotopic (exact) mass is 409 g/mol. The molecule has 0 spiro atoms. The van der Waals surface area contributed by atoms with Crippen molar-refractivity contribution in [1.82, 2.24) is 4.90 Å². The number of carbonyl (C=O) groups is 3. The molecule has 1 heterocycles. The first-order valence-electron chi connectivity index (χ1n) is 9.62. The standard InChI is InChI=1S/C21H25F2NO5/c1-5-28-17(26)9-16(25)18-14-10-21(14,13-8-12(22)6-7-15(13)23)11-24(18)19(27)29-20(2,3)4/h6-8,14,18H,5,9-11H2,1-4H3/t14-,18+,21-/m0/s1. The zero-order valence-electron chi connectivity index (χ0n) is 17.0. The van der Waals surface area contributed by atoms with Gasteiger partial charge in [0.05, 0.1) is 12.6 Å². The maximum absolute atomic E-state index is 14.5. The van der Waals surface area contributed by atoms with Crippen LogP contribution in [0.15, 0.2) is 18.2 Å². The molecule has 0 radical (unpaired) electrons. The van der Waals surface area contributed by atoms with E-state index in [2.05, 4.69) is 0 Å². The predicted octanol–water partition coefficient (Wildman–Crippen LogP) is 3.36. The second-order valence-corrected chi connectivity index (χ2v) is 8.59. The number of piperidine rings is 1. The summed E-state index contributed by atoms with van der Waals surface area (Å²) in [5, 5.41) is 0. The number of likely N-dealkylation sites (tertiary alicyclic amines) is 1. The van der Waals surface area contributed by atoms with Crippen molar-refractivity contribution in [2.24, 2.45) is 5.92 Å². The topological polar surface area (TPSA) is 72.9 Å². The number of esters is 1. The SMILES string of the molecule is CCOC(=O)CC(=O)[C@H]1[C@@H]2C[C@@]2(c2cc(F)ccc2F)CN1C(=O)OC(C)(C)C. The fourth-order valence-corrected chi connectivity index (χ4v) is 4.18. The molecule has 6 nitrogen and oxygen atoms in total. The first-order valence-corrected chi connectivity index (χ1v) is 9.62. The van der Waals surface area contributed by atoms with Gasteiger partial charge >= 0.3 is 12.1 Å². The van der Waals surface area contributed by atoms with Crippen LogP contribution in [0.1, 0.15) is 46.1 Å². The normalized spacial score (nSPS) is 25.4.